The molecular weight excluding hydrogens is 486 g/mol. The van der Waals surface area contributed by atoms with E-state index in [1.807, 2.05) is 48.9 Å². The highest BCUT2D eigenvalue weighted by Gasteiger charge is 2.15. The van der Waals surface area contributed by atoms with Crippen LogP contribution >= 0.6 is 11.8 Å². The second-order valence-corrected chi connectivity index (χ2v) is 10.7. The SMILES string of the molecule is CCC(=O)Nc1ccc(Sc2cc(=NCCN3CCN(C)CC3)n(C)c(/N=C3\CCC(C)NN3)n2)cc1. The first-order chi connectivity index (χ1) is 17.9. The number of amidine groups is 1. The fourth-order valence-corrected chi connectivity index (χ4v) is 4.88. The van der Waals surface area contributed by atoms with E-state index in [0.717, 1.165) is 79.0 Å². The van der Waals surface area contributed by atoms with E-state index in [1.54, 1.807) is 11.8 Å². The van der Waals surface area contributed by atoms with E-state index in [2.05, 4.69) is 39.9 Å². The molecule has 1 amide bonds. The van der Waals surface area contributed by atoms with Gasteiger partial charge < -0.3 is 15.6 Å². The van der Waals surface area contributed by atoms with Gasteiger partial charge >= 0.3 is 0 Å². The number of aromatic nitrogens is 2. The van der Waals surface area contributed by atoms with Crippen molar-refractivity contribution in [3.8, 4) is 0 Å². The number of amides is 1. The molecule has 0 bridgehead atoms. The molecule has 0 spiro atoms. The van der Waals surface area contributed by atoms with Gasteiger partial charge in [0.15, 0.2) is 0 Å². The molecule has 2 saturated heterocycles. The zero-order valence-electron chi connectivity index (χ0n) is 22.3. The Morgan fingerprint density at radius 2 is 1.95 bits per heavy atom. The Morgan fingerprint density at radius 1 is 1.19 bits per heavy atom. The van der Waals surface area contributed by atoms with Gasteiger partial charge in [0.25, 0.3) is 0 Å². The molecule has 4 rings (SSSR count). The lowest BCUT2D eigenvalue weighted by Gasteiger charge is -2.31. The van der Waals surface area contributed by atoms with Gasteiger partial charge in [0.1, 0.15) is 16.3 Å². The summed E-state index contributed by atoms with van der Waals surface area (Å²) in [5.74, 6) is 1.50. The fourth-order valence-electron chi connectivity index (χ4n) is 4.07. The second kappa shape index (κ2) is 13.2. The van der Waals surface area contributed by atoms with Gasteiger partial charge in [0.05, 0.1) is 6.54 Å². The molecule has 200 valence electrons. The molecule has 3 N–H and O–H groups in total. The largest absolute Gasteiger partial charge is 0.326 e. The number of hydrogen-bond donors (Lipinski definition) is 3. The van der Waals surface area contributed by atoms with E-state index in [9.17, 15) is 4.79 Å². The van der Waals surface area contributed by atoms with E-state index >= 15 is 0 Å². The van der Waals surface area contributed by atoms with E-state index < -0.39 is 0 Å². The van der Waals surface area contributed by atoms with Gasteiger partial charge in [-0.1, -0.05) is 18.7 Å². The van der Waals surface area contributed by atoms with Gasteiger partial charge in [-0.05, 0) is 44.7 Å². The molecule has 1 aromatic heterocycles. The summed E-state index contributed by atoms with van der Waals surface area (Å²) in [5, 5.41) is 3.72. The lowest BCUT2D eigenvalue weighted by molar-refractivity contribution is -0.115. The first-order valence-electron chi connectivity index (χ1n) is 13.1. The summed E-state index contributed by atoms with van der Waals surface area (Å²) < 4.78 is 1.96. The van der Waals surface area contributed by atoms with Gasteiger partial charge in [-0.15, -0.1) is 0 Å². The lowest BCUT2D eigenvalue weighted by Crippen LogP contribution is -2.47. The molecule has 10 nitrogen and oxygen atoms in total. The monoisotopic (exact) mass is 525 g/mol. The summed E-state index contributed by atoms with van der Waals surface area (Å²) in [5.41, 5.74) is 8.11. The van der Waals surface area contributed by atoms with Gasteiger partial charge in [-0.3, -0.25) is 19.3 Å². The van der Waals surface area contributed by atoms with Crippen LogP contribution in [0.15, 0.2) is 50.2 Å². The standard InChI is InChI=1S/C26H39N9OS/c1-5-24(36)28-20-7-9-21(10-8-20)37-25-18-23(27-12-13-35-16-14-33(3)15-17-35)34(4)26(30-25)29-22-11-6-19(2)31-32-22/h7-10,18-19,31H,5-6,11-17H2,1-4H3,(H,28,36)(H,29,30,32). The van der Waals surface area contributed by atoms with Crippen molar-refractivity contribution in [2.24, 2.45) is 17.0 Å². The summed E-state index contributed by atoms with van der Waals surface area (Å²) in [6.45, 7) is 10.0. The molecule has 37 heavy (non-hydrogen) atoms. The van der Waals surface area contributed by atoms with Crippen LogP contribution in [0.25, 0.3) is 0 Å². The Kier molecular flexibility index (Phi) is 9.73. The van der Waals surface area contributed by atoms with E-state index in [4.69, 9.17) is 15.0 Å². The summed E-state index contributed by atoms with van der Waals surface area (Å²) in [6, 6.07) is 10.3. The smallest absolute Gasteiger partial charge is 0.233 e. The summed E-state index contributed by atoms with van der Waals surface area (Å²) in [4.78, 5) is 32.2. The maximum Gasteiger partial charge on any atom is 0.233 e. The molecule has 1 aromatic carbocycles. The molecule has 0 aliphatic carbocycles. The van der Waals surface area contributed by atoms with Gasteiger partial charge in [0, 0.05) is 75.3 Å². The van der Waals surface area contributed by atoms with Gasteiger partial charge in [-0.2, -0.15) is 4.99 Å². The number of piperazine rings is 1. The van der Waals surface area contributed by atoms with Gasteiger partial charge in [-0.25, -0.2) is 10.4 Å². The number of benzene rings is 1. The second-order valence-electron chi connectivity index (χ2n) is 9.63. The quantitative estimate of drug-likeness (QED) is 0.455. The van der Waals surface area contributed by atoms with Crippen LogP contribution in [0.1, 0.15) is 33.1 Å². The van der Waals surface area contributed by atoms with Crippen molar-refractivity contribution in [2.75, 3.05) is 51.6 Å². The number of nitrogens with zero attached hydrogens (tertiary/aromatic N) is 6. The molecular formula is C26H39N9OS. The van der Waals surface area contributed by atoms with Crippen LogP contribution in [0.5, 0.6) is 0 Å². The molecule has 2 fully saturated rings. The predicted octanol–water partition coefficient (Wildman–Crippen LogP) is 2.37. The van der Waals surface area contributed by atoms with Crippen molar-refractivity contribution in [3.05, 3.63) is 35.8 Å². The Bertz CT molecular complexity index is 1140. The normalized spacial score (nSPS) is 20.7. The molecule has 1 atom stereocenters. The molecule has 2 aromatic rings. The van der Waals surface area contributed by atoms with E-state index in [0.29, 0.717) is 18.4 Å². The Balaban J connectivity index is 1.55. The first-order valence-corrected chi connectivity index (χ1v) is 13.9. The Hall–Kier alpha value is -2.73. The van der Waals surface area contributed by atoms with Crippen LogP contribution in [0.2, 0.25) is 0 Å². The van der Waals surface area contributed by atoms with Gasteiger partial charge in [0.2, 0.25) is 11.9 Å². The highest BCUT2D eigenvalue weighted by molar-refractivity contribution is 7.99. The van der Waals surface area contributed by atoms with E-state index in [-0.39, 0.29) is 5.91 Å². The third kappa shape index (κ3) is 8.13. The molecule has 11 heteroatoms. The Morgan fingerprint density at radius 3 is 2.62 bits per heavy atom. The van der Waals surface area contributed by atoms with Crippen LogP contribution in [0, 0.1) is 0 Å². The highest BCUT2D eigenvalue weighted by Crippen LogP contribution is 2.27. The molecule has 0 saturated carbocycles. The number of carbonyl (C=O) groups is 1. The number of carbonyl (C=O) groups excluding carboxylic acids is 1. The van der Waals surface area contributed by atoms with Crippen LogP contribution < -0.4 is 21.7 Å². The minimum atomic E-state index is 0.00409. The number of rotatable bonds is 8. The number of likely N-dealkylation sites (N-methyl/N-ethyl adjacent to an activating group) is 1. The molecule has 3 heterocycles. The third-order valence-corrected chi connectivity index (χ3v) is 7.51. The van der Waals surface area contributed by atoms with Crippen LogP contribution in [0.3, 0.4) is 0 Å². The number of anilines is 1. The topological polar surface area (TPSA) is 102 Å². The summed E-state index contributed by atoms with van der Waals surface area (Å²) >= 11 is 1.56. The maximum atomic E-state index is 11.7. The van der Waals surface area contributed by atoms with Crippen molar-refractivity contribution in [1.82, 2.24) is 30.2 Å². The fraction of sp³-hybridized carbons (Fsp3) is 0.538. The zero-order valence-corrected chi connectivity index (χ0v) is 23.1. The molecule has 1 unspecified atom stereocenters. The maximum absolute atomic E-state index is 11.7. The average Bonchev–Trinajstić information content (AvgIpc) is 2.90. The minimum Gasteiger partial charge on any atom is -0.326 e. The minimum absolute atomic E-state index is 0.00409. The number of hydrazine groups is 1. The number of aliphatic imine (C=N–C) groups is 1. The van der Waals surface area contributed by atoms with Crippen molar-refractivity contribution in [2.45, 2.75) is 49.1 Å². The average molecular weight is 526 g/mol. The van der Waals surface area contributed by atoms with Crippen LogP contribution in [-0.2, 0) is 11.8 Å². The van der Waals surface area contributed by atoms with Crippen molar-refractivity contribution in [1.29, 1.82) is 0 Å². The molecule has 2 aliphatic rings. The number of nitrogens with one attached hydrogen (secondary N) is 3. The summed E-state index contributed by atoms with van der Waals surface area (Å²) in [6.07, 6.45) is 2.35. The van der Waals surface area contributed by atoms with Crippen molar-refractivity contribution in [3.63, 3.8) is 0 Å². The van der Waals surface area contributed by atoms with E-state index in [1.165, 1.54) is 0 Å². The lowest BCUT2D eigenvalue weighted by atomic mass is 10.1. The van der Waals surface area contributed by atoms with Crippen LogP contribution in [-0.4, -0.2) is 83.5 Å². The number of hydrogen-bond acceptors (Lipinski definition) is 8. The Labute approximate surface area is 223 Å². The summed E-state index contributed by atoms with van der Waals surface area (Å²) in [7, 11) is 4.15. The molecule has 2 aliphatic heterocycles. The van der Waals surface area contributed by atoms with Crippen molar-refractivity contribution >= 4 is 35.1 Å². The molecule has 0 radical (unpaired) electrons. The third-order valence-electron chi connectivity index (χ3n) is 6.59. The van der Waals surface area contributed by atoms with Crippen LogP contribution in [0.4, 0.5) is 11.6 Å². The zero-order chi connectivity index (χ0) is 26.2. The predicted molar refractivity (Wildman–Crippen MR) is 149 cm³/mol. The van der Waals surface area contributed by atoms with Crippen molar-refractivity contribution < 1.29 is 4.79 Å². The first kappa shape index (κ1) is 27.3. The highest BCUT2D eigenvalue weighted by atomic mass is 32.2.